The molecular weight excluding hydrogens is 204 g/mol. The number of hydrogen-bond donors (Lipinski definition) is 4. The van der Waals surface area contributed by atoms with Gasteiger partial charge in [-0.05, 0) is 33.6 Å². The molecule has 0 spiro atoms. The molecule has 1 rings (SSSR count). The first-order valence-corrected chi connectivity index (χ1v) is 5.72. The molecule has 16 heavy (non-hydrogen) atoms. The van der Waals surface area contributed by atoms with E-state index >= 15 is 0 Å². The van der Waals surface area contributed by atoms with Gasteiger partial charge in [-0.1, -0.05) is 6.42 Å². The molecule has 0 aliphatic heterocycles. The predicted molar refractivity (Wildman–Crippen MR) is 64.5 cm³/mol. The summed E-state index contributed by atoms with van der Waals surface area (Å²) in [7, 11) is 0. The summed E-state index contributed by atoms with van der Waals surface area (Å²) in [6.07, 6.45) is 2.82. The zero-order valence-corrected chi connectivity index (χ0v) is 10.3. The minimum Gasteiger partial charge on any atom is -0.387 e. The Balaban J connectivity index is 2.47. The molecule has 92 valence electrons. The molecule has 1 aliphatic rings. The Morgan fingerprint density at radius 1 is 1.38 bits per heavy atom. The average molecular weight is 226 g/mol. The third-order valence-corrected chi connectivity index (χ3v) is 2.72. The topological polar surface area (TPSA) is 91.0 Å². The van der Waals surface area contributed by atoms with E-state index in [4.69, 9.17) is 11.1 Å². The van der Waals surface area contributed by atoms with Crippen LogP contribution in [0.2, 0.25) is 0 Å². The number of carbonyl (C=O) groups is 1. The van der Waals surface area contributed by atoms with Crippen molar-refractivity contribution < 1.29 is 4.79 Å². The molecule has 2 amide bonds. The molecule has 1 aliphatic carbocycles. The molecule has 0 saturated heterocycles. The van der Waals surface area contributed by atoms with Crippen molar-refractivity contribution in [1.29, 1.82) is 5.41 Å². The summed E-state index contributed by atoms with van der Waals surface area (Å²) < 4.78 is 0. The highest BCUT2D eigenvalue weighted by Crippen LogP contribution is 2.25. The lowest BCUT2D eigenvalue weighted by molar-refractivity contribution is 0.227. The first-order valence-electron chi connectivity index (χ1n) is 5.72. The fourth-order valence-electron chi connectivity index (χ4n) is 2.05. The lowest BCUT2D eigenvalue weighted by atomic mass is 10.0. The maximum atomic E-state index is 11.6. The fraction of sp³-hybridized carbons (Fsp3) is 0.818. The Hall–Kier alpha value is -1.26. The van der Waals surface area contributed by atoms with Gasteiger partial charge in [-0.25, -0.2) is 4.79 Å². The van der Waals surface area contributed by atoms with Gasteiger partial charge in [-0.3, -0.25) is 5.41 Å². The van der Waals surface area contributed by atoms with Crippen molar-refractivity contribution in [3.05, 3.63) is 0 Å². The van der Waals surface area contributed by atoms with Gasteiger partial charge < -0.3 is 16.4 Å². The molecule has 0 aromatic heterocycles. The number of nitrogens with two attached hydrogens (primary N) is 1. The van der Waals surface area contributed by atoms with Crippen molar-refractivity contribution >= 4 is 11.9 Å². The van der Waals surface area contributed by atoms with Crippen molar-refractivity contribution in [2.45, 2.75) is 51.6 Å². The minimum absolute atomic E-state index is 0.00529. The summed E-state index contributed by atoms with van der Waals surface area (Å²) in [4.78, 5) is 11.6. The quantitative estimate of drug-likeness (QED) is 0.421. The second-order valence-electron chi connectivity index (χ2n) is 5.45. The van der Waals surface area contributed by atoms with Gasteiger partial charge in [0, 0.05) is 17.5 Å². The van der Waals surface area contributed by atoms with Crippen LogP contribution in [0.15, 0.2) is 0 Å². The van der Waals surface area contributed by atoms with Gasteiger partial charge in [-0.15, -0.1) is 0 Å². The van der Waals surface area contributed by atoms with Crippen LogP contribution < -0.4 is 16.4 Å². The molecule has 5 N–H and O–H groups in total. The first kappa shape index (κ1) is 12.8. The summed E-state index contributed by atoms with van der Waals surface area (Å²) in [5, 5.41) is 13.2. The third-order valence-electron chi connectivity index (χ3n) is 2.72. The van der Waals surface area contributed by atoms with Crippen LogP contribution in [0.5, 0.6) is 0 Å². The molecule has 0 aromatic rings. The maximum absolute atomic E-state index is 11.6. The van der Waals surface area contributed by atoms with Gasteiger partial charge in [-0.2, -0.15) is 0 Å². The molecule has 1 fully saturated rings. The minimum atomic E-state index is -0.242. The number of urea groups is 1. The van der Waals surface area contributed by atoms with Gasteiger partial charge in [0.1, 0.15) is 0 Å². The van der Waals surface area contributed by atoms with E-state index < -0.39 is 0 Å². The standard InChI is InChI=1S/C11H22N4O/c1-11(2,3)15-10(16)14-8-6-4-5-7(8)9(12)13/h7-8H,4-6H2,1-3H3,(H3,12,13)(H2,14,15,16). The highest BCUT2D eigenvalue weighted by Gasteiger charge is 2.31. The third kappa shape index (κ3) is 3.72. The van der Waals surface area contributed by atoms with Crippen molar-refractivity contribution in [2.24, 2.45) is 11.7 Å². The van der Waals surface area contributed by atoms with Gasteiger partial charge in [0.05, 0.1) is 5.84 Å². The number of nitrogens with one attached hydrogen (secondary N) is 3. The Labute approximate surface area is 96.7 Å². The highest BCUT2D eigenvalue weighted by atomic mass is 16.2. The Kier molecular flexibility index (Phi) is 3.78. The van der Waals surface area contributed by atoms with Gasteiger partial charge >= 0.3 is 6.03 Å². The maximum Gasteiger partial charge on any atom is 0.315 e. The number of carbonyl (C=O) groups excluding carboxylic acids is 1. The number of amidine groups is 1. The molecule has 0 bridgehead atoms. The largest absolute Gasteiger partial charge is 0.387 e. The molecule has 0 radical (unpaired) electrons. The van der Waals surface area contributed by atoms with Gasteiger partial charge in [0.25, 0.3) is 0 Å². The van der Waals surface area contributed by atoms with Crippen molar-refractivity contribution in [2.75, 3.05) is 0 Å². The van der Waals surface area contributed by atoms with E-state index in [0.717, 1.165) is 19.3 Å². The van der Waals surface area contributed by atoms with Crippen LogP contribution in [-0.2, 0) is 0 Å². The number of amides is 2. The Bertz CT molecular complexity index is 282. The normalized spacial score (nSPS) is 25.2. The summed E-state index contributed by atoms with van der Waals surface area (Å²) >= 11 is 0. The van der Waals surface area contributed by atoms with Crippen molar-refractivity contribution in [3.63, 3.8) is 0 Å². The Morgan fingerprint density at radius 3 is 2.50 bits per heavy atom. The van der Waals surface area contributed by atoms with E-state index in [9.17, 15) is 4.79 Å². The lowest BCUT2D eigenvalue weighted by Crippen LogP contribution is -2.51. The zero-order valence-electron chi connectivity index (χ0n) is 10.3. The van der Waals surface area contributed by atoms with Crippen LogP contribution in [0.25, 0.3) is 0 Å². The van der Waals surface area contributed by atoms with E-state index in [-0.39, 0.29) is 29.4 Å². The fourth-order valence-corrected chi connectivity index (χ4v) is 2.05. The van der Waals surface area contributed by atoms with Crippen LogP contribution in [0.4, 0.5) is 4.79 Å². The summed E-state index contributed by atoms with van der Waals surface area (Å²) in [5.41, 5.74) is 5.26. The molecular formula is C11H22N4O. The summed E-state index contributed by atoms with van der Waals surface area (Å²) in [5.74, 6) is 0.185. The molecule has 2 atom stereocenters. The van der Waals surface area contributed by atoms with Crippen molar-refractivity contribution in [3.8, 4) is 0 Å². The monoisotopic (exact) mass is 226 g/mol. The molecule has 0 heterocycles. The van der Waals surface area contributed by atoms with Gasteiger partial charge in [0.2, 0.25) is 0 Å². The van der Waals surface area contributed by atoms with Crippen LogP contribution in [0.3, 0.4) is 0 Å². The van der Waals surface area contributed by atoms with E-state index in [1.54, 1.807) is 0 Å². The average Bonchev–Trinajstić information content (AvgIpc) is 2.47. The van der Waals surface area contributed by atoms with E-state index in [1.165, 1.54) is 0 Å². The molecule has 2 unspecified atom stereocenters. The van der Waals surface area contributed by atoms with Gasteiger partial charge in [0.15, 0.2) is 0 Å². The lowest BCUT2D eigenvalue weighted by Gasteiger charge is -2.25. The van der Waals surface area contributed by atoms with Crippen LogP contribution in [0.1, 0.15) is 40.0 Å². The second kappa shape index (κ2) is 4.72. The molecule has 5 heteroatoms. The molecule has 5 nitrogen and oxygen atoms in total. The summed E-state index contributed by atoms with van der Waals surface area (Å²) in [6, 6.07) is -0.162. The van der Waals surface area contributed by atoms with Crippen LogP contribution in [-0.4, -0.2) is 23.4 Å². The number of hydrogen-bond acceptors (Lipinski definition) is 2. The number of rotatable bonds is 2. The SMILES string of the molecule is CC(C)(C)NC(=O)NC1CCCC1C(=N)N. The smallest absolute Gasteiger partial charge is 0.315 e. The second-order valence-corrected chi connectivity index (χ2v) is 5.45. The molecule has 1 saturated carbocycles. The highest BCUT2D eigenvalue weighted by molar-refractivity contribution is 5.82. The Morgan fingerprint density at radius 2 is 2.00 bits per heavy atom. The van der Waals surface area contributed by atoms with Crippen molar-refractivity contribution in [1.82, 2.24) is 10.6 Å². The molecule has 0 aromatic carbocycles. The van der Waals surface area contributed by atoms with E-state index in [0.29, 0.717) is 0 Å². The summed E-state index contributed by atoms with van der Waals surface area (Å²) in [6.45, 7) is 5.80. The first-order chi connectivity index (χ1) is 7.29. The van der Waals surface area contributed by atoms with Crippen LogP contribution >= 0.6 is 0 Å². The van der Waals surface area contributed by atoms with E-state index in [2.05, 4.69) is 10.6 Å². The zero-order chi connectivity index (χ0) is 12.3. The van der Waals surface area contributed by atoms with E-state index in [1.807, 2.05) is 20.8 Å². The van der Waals surface area contributed by atoms with Crippen LogP contribution in [0, 0.1) is 11.3 Å². The predicted octanol–water partition coefficient (Wildman–Crippen LogP) is 1.19.